The van der Waals surface area contributed by atoms with Gasteiger partial charge in [0, 0.05) is 58.2 Å². The van der Waals surface area contributed by atoms with E-state index in [9.17, 15) is 19.4 Å². The van der Waals surface area contributed by atoms with Crippen LogP contribution in [0.3, 0.4) is 0 Å². The topological polar surface area (TPSA) is 135 Å². The van der Waals surface area contributed by atoms with Crippen LogP contribution < -0.4 is 4.89 Å². The smallest absolute Gasteiger partial charge is 0.306 e. The fourth-order valence-electron chi connectivity index (χ4n) is 1.39. The summed E-state index contributed by atoms with van der Waals surface area (Å²) in [5.74, 6) is -2.72. The number of aliphatic hydroxyl groups excluding tert-OH is 2. The maximum Gasteiger partial charge on any atom is 0.306 e. The average Bonchev–Trinajstić information content (AvgIpc) is 3.14. The fourth-order valence-corrected chi connectivity index (χ4v) is 2.16. The summed E-state index contributed by atoms with van der Waals surface area (Å²) in [6.07, 6.45) is -70.7. The van der Waals surface area contributed by atoms with Crippen molar-refractivity contribution < 1.29 is 88.2 Å². The first-order valence-corrected chi connectivity index (χ1v) is 10.3. The van der Waals surface area contributed by atoms with Crippen LogP contribution in [0.5, 0.6) is 0 Å². The zero-order chi connectivity index (χ0) is 54.7. The van der Waals surface area contributed by atoms with Crippen molar-refractivity contribution in [3.05, 3.63) is 0 Å². The second-order valence-electron chi connectivity index (χ2n) is 5.24. The molecule has 0 fully saturated rings. The van der Waals surface area contributed by atoms with Gasteiger partial charge in [-0.3, -0.25) is 9.36 Å². The molecule has 3 atom stereocenters. The maximum absolute atomic E-state index is 13.3. The number of ether oxygens (including phenoxy) is 2. The van der Waals surface area contributed by atoms with E-state index in [-0.39, 0.29) is 0 Å². The van der Waals surface area contributed by atoms with Crippen LogP contribution in [0.25, 0.3) is 0 Å². The Bertz CT molecular complexity index is 1750. The number of hydrogen-bond acceptors (Lipinski definition) is 9. The molecule has 204 valence electrons. The van der Waals surface area contributed by atoms with Gasteiger partial charge in [-0.25, -0.2) is 0 Å². The Balaban J connectivity index is 7.37. The van der Waals surface area contributed by atoms with E-state index in [1.807, 2.05) is 0 Å². The third-order valence-corrected chi connectivity index (χ3v) is 3.63. The van der Waals surface area contributed by atoms with E-state index in [2.05, 4.69) is 13.8 Å². The van der Waals surface area contributed by atoms with Crippen molar-refractivity contribution in [1.82, 2.24) is 0 Å². The van der Waals surface area contributed by atoms with Gasteiger partial charge in [0.05, 0.1) is 26.4 Å². The normalized spacial score (nSPS) is 35.8. The largest absolute Gasteiger partial charge is 0.756 e. The molecule has 0 rings (SSSR count). The highest BCUT2D eigenvalue weighted by Crippen LogP contribution is 2.38. The van der Waals surface area contributed by atoms with E-state index >= 15 is 0 Å². The van der Waals surface area contributed by atoms with Crippen LogP contribution in [0.15, 0.2) is 0 Å². The molecule has 0 amide bonds. The molecule has 9 nitrogen and oxygen atoms in total. The van der Waals surface area contributed by atoms with Crippen LogP contribution >= 0.6 is 7.82 Å². The van der Waals surface area contributed by atoms with Crippen molar-refractivity contribution >= 4 is 13.8 Å². The summed E-state index contributed by atoms with van der Waals surface area (Å²) in [4.78, 5) is 25.6. The van der Waals surface area contributed by atoms with Gasteiger partial charge in [0.15, 0.2) is 0 Å². The molecular formula is C24H48O9P-. The molecular weight excluding hydrogens is 463 g/mol. The Morgan fingerprint density at radius 1 is 0.941 bits per heavy atom. The molecule has 0 aromatic rings. The second kappa shape index (κ2) is 22.9. The number of aliphatic hydroxyl groups is 2. The minimum atomic E-state index is -5.65. The Labute approximate surface area is 252 Å². The predicted octanol–water partition coefficient (Wildman–Crippen LogP) is 4.27. The van der Waals surface area contributed by atoms with E-state index < -0.39 is 162 Å². The van der Waals surface area contributed by atoms with Crippen LogP contribution in [0.1, 0.15) is 148 Å². The monoisotopic (exact) mass is 545 g/mol. The van der Waals surface area contributed by atoms with E-state index in [0.717, 1.165) is 0 Å². The van der Waals surface area contributed by atoms with E-state index in [0.29, 0.717) is 0 Å². The number of hydrogen-bond donors (Lipinski definition) is 2. The minimum Gasteiger partial charge on any atom is -0.756 e. The van der Waals surface area contributed by atoms with Crippen molar-refractivity contribution in [2.45, 2.75) is 115 Å². The van der Waals surface area contributed by atoms with Gasteiger partial charge in [0.2, 0.25) is 0 Å². The Hall–Kier alpha value is -0.540. The number of rotatable bonds is 25. The predicted molar refractivity (Wildman–Crippen MR) is 129 cm³/mol. The highest BCUT2D eigenvalue weighted by atomic mass is 31.2. The van der Waals surface area contributed by atoms with E-state index in [4.69, 9.17) is 55.1 Å². The lowest BCUT2D eigenvalue weighted by Gasteiger charge is -2.26. The molecule has 0 radical (unpaired) electrons. The van der Waals surface area contributed by atoms with Crippen molar-refractivity contribution in [2.75, 3.05) is 33.0 Å². The van der Waals surface area contributed by atoms with Crippen LogP contribution in [0.4, 0.5) is 0 Å². The van der Waals surface area contributed by atoms with Crippen molar-refractivity contribution in [3.63, 3.8) is 0 Å². The third kappa shape index (κ3) is 22.0. The molecule has 2 N–H and O–H groups in total. The van der Waals surface area contributed by atoms with Crippen LogP contribution in [0, 0.1) is 0 Å². The van der Waals surface area contributed by atoms with Gasteiger partial charge in [-0.15, -0.1) is 0 Å². The first-order valence-electron chi connectivity index (χ1n) is 25.5. The minimum absolute atomic E-state index is 1.05. The molecule has 0 bridgehead atoms. The van der Waals surface area contributed by atoms with Gasteiger partial charge < -0.3 is 33.6 Å². The maximum atomic E-state index is 13.3. The molecule has 0 spiro atoms. The summed E-state index contributed by atoms with van der Waals surface area (Å²) < 4.78 is 293. The van der Waals surface area contributed by atoms with Crippen molar-refractivity contribution in [1.29, 1.82) is 0 Å². The lowest BCUT2D eigenvalue weighted by Crippen LogP contribution is -2.30. The standard InChI is InChI=1S/C24H49O9P/c1-3-5-7-8-9-10-11-12-13-14-15-16-24(27)33-23(20-30-17-6-4-2)21-32-34(28,29)31-19-22(26)18-25/h22-23,25-26H,3-21H2,1-2H3,(H,28,29)/p-1/t22?,23-/m1/s1/i1D3,2D2,3D2,4D2,5D2,6D2,7D2,8D2,9D2,10D2,11D2,12D2,13D2,14D2,15D2,16D2. The molecule has 0 aliphatic heterocycles. The van der Waals surface area contributed by atoms with Gasteiger partial charge in [-0.1, -0.05) is 83.8 Å². The van der Waals surface area contributed by atoms with Crippen LogP contribution in [-0.4, -0.2) is 61.4 Å². The molecule has 0 aromatic heterocycles. The number of phosphoric ester groups is 1. The quantitative estimate of drug-likeness (QED) is 0.128. The summed E-state index contributed by atoms with van der Waals surface area (Å²) in [5, 5.41) is 18.2. The van der Waals surface area contributed by atoms with Gasteiger partial charge >= 0.3 is 5.97 Å². The van der Waals surface area contributed by atoms with E-state index in [1.165, 1.54) is 0 Å². The Kier molecular flexibility index (Phi) is 5.54. The van der Waals surface area contributed by atoms with Crippen LogP contribution in [0.2, 0.25) is 0 Å². The second-order valence-corrected chi connectivity index (χ2v) is 6.65. The fraction of sp³-hybridized carbons (Fsp3) is 0.958. The van der Waals surface area contributed by atoms with Gasteiger partial charge in [0.1, 0.15) is 12.2 Å². The molecule has 10 heteroatoms. The van der Waals surface area contributed by atoms with Gasteiger partial charge in [-0.2, -0.15) is 0 Å². The Morgan fingerprint density at radius 3 is 2.18 bits per heavy atom. The van der Waals surface area contributed by atoms with Gasteiger partial charge in [0.25, 0.3) is 7.82 Å². The molecule has 34 heavy (non-hydrogen) atoms. The summed E-state index contributed by atoms with van der Waals surface area (Å²) in [7, 11) is -5.65. The number of carbonyl (C=O) groups is 1. The molecule has 0 saturated carbocycles. The molecule has 0 saturated heterocycles. The molecule has 0 aliphatic carbocycles. The first-order chi connectivity index (χ1) is 28.9. The molecule has 0 aromatic carbocycles. The van der Waals surface area contributed by atoms with Crippen LogP contribution in [-0.2, 0) is 27.9 Å². The molecule has 0 aliphatic rings. The SMILES string of the molecule is [2H]C([2H])C([2H])([2H])C([2H])([2H])COC[C@H](COP(=O)([O-])OCC(O)CO)OC(=O)C([2H])([2H])C([2H])([2H])C([2H])([2H])C([2H])([2H])C([2H])([2H])C([2H])([2H])C([2H])([2H])C([2H])([2H])C([2H])([2H])C([2H])([2H])C([2H])([2H])C([2H])([2H])C([2H])([2H])[2H]. The number of phosphoric acid groups is 1. The highest BCUT2D eigenvalue weighted by Gasteiger charge is 2.20. The Morgan fingerprint density at radius 2 is 1.56 bits per heavy atom. The molecule has 0 heterocycles. The van der Waals surface area contributed by atoms with E-state index in [1.54, 1.807) is 0 Å². The number of esters is 1. The first kappa shape index (κ1) is 8.23. The zero-order valence-corrected chi connectivity index (χ0v) is 18.4. The average molecular weight is 545 g/mol. The zero-order valence-electron chi connectivity index (χ0n) is 50.5. The molecule has 2 unspecified atom stereocenters. The summed E-state index contributed by atoms with van der Waals surface area (Å²) in [6, 6.07) is 0. The number of carbonyl (C=O) groups excluding carboxylic acids is 1. The summed E-state index contributed by atoms with van der Waals surface area (Å²) >= 11 is 0. The lowest BCUT2D eigenvalue weighted by molar-refractivity contribution is -0.230. The highest BCUT2D eigenvalue weighted by molar-refractivity contribution is 7.45. The van der Waals surface area contributed by atoms with Crippen molar-refractivity contribution in [3.8, 4) is 0 Å². The van der Waals surface area contributed by atoms with Crippen molar-refractivity contribution in [2.24, 2.45) is 0 Å². The van der Waals surface area contributed by atoms with Gasteiger partial charge in [-0.05, 0) is 12.7 Å². The third-order valence-electron chi connectivity index (χ3n) is 2.70. The lowest BCUT2D eigenvalue weighted by atomic mass is 10.1. The summed E-state index contributed by atoms with van der Waals surface area (Å²) in [5.41, 5.74) is 0. The summed E-state index contributed by atoms with van der Waals surface area (Å²) in [6.45, 7) is -13.4.